The number of hydrogen-bond donors (Lipinski definition) is 1. The van der Waals surface area contributed by atoms with Gasteiger partial charge < -0.3 is 9.84 Å². The van der Waals surface area contributed by atoms with E-state index in [0.717, 1.165) is 17.7 Å². The van der Waals surface area contributed by atoms with Crippen LogP contribution in [0.15, 0.2) is 12.1 Å². The van der Waals surface area contributed by atoms with Crippen molar-refractivity contribution in [2.45, 2.75) is 58.7 Å². The maximum absolute atomic E-state index is 9.21. The fourth-order valence-corrected chi connectivity index (χ4v) is 2.81. The second kappa shape index (κ2) is 6.19. The number of nitrogens with zero attached hydrogens (tertiary/aromatic N) is 1. The van der Waals surface area contributed by atoms with E-state index in [1.807, 2.05) is 19.1 Å². The highest BCUT2D eigenvalue weighted by Gasteiger charge is 2.25. The van der Waals surface area contributed by atoms with Crippen molar-refractivity contribution >= 4 is 0 Å². The molecule has 1 aromatic rings. The monoisotopic (exact) mass is 249 g/mol. The van der Waals surface area contributed by atoms with Crippen LogP contribution in [0.3, 0.4) is 0 Å². The van der Waals surface area contributed by atoms with E-state index < -0.39 is 0 Å². The Kier molecular flexibility index (Phi) is 4.59. The molecule has 18 heavy (non-hydrogen) atoms. The van der Waals surface area contributed by atoms with E-state index in [1.165, 1.54) is 25.7 Å². The molecule has 1 saturated carbocycles. The predicted octanol–water partition coefficient (Wildman–Crippen LogP) is 3.23. The molecule has 0 aliphatic heterocycles. The lowest BCUT2D eigenvalue weighted by atomic mass is 9.85. The number of pyridine rings is 1. The van der Waals surface area contributed by atoms with Crippen molar-refractivity contribution in [1.29, 1.82) is 0 Å². The van der Waals surface area contributed by atoms with Crippen LogP contribution in [-0.2, 0) is 6.61 Å². The van der Waals surface area contributed by atoms with Gasteiger partial charge in [0.05, 0.1) is 6.61 Å². The van der Waals surface area contributed by atoms with E-state index in [1.54, 1.807) is 0 Å². The van der Waals surface area contributed by atoms with Gasteiger partial charge >= 0.3 is 0 Å². The lowest BCUT2D eigenvalue weighted by Crippen LogP contribution is -2.30. The van der Waals surface area contributed by atoms with Crippen LogP contribution in [0.5, 0.6) is 5.88 Å². The zero-order valence-electron chi connectivity index (χ0n) is 11.4. The van der Waals surface area contributed by atoms with Crippen molar-refractivity contribution in [2.24, 2.45) is 5.92 Å². The van der Waals surface area contributed by atoms with Crippen molar-refractivity contribution in [1.82, 2.24) is 4.98 Å². The predicted molar refractivity (Wildman–Crippen MR) is 71.6 cm³/mol. The highest BCUT2D eigenvalue weighted by Crippen LogP contribution is 2.30. The summed E-state index contributed by atoms with van der Waals surface area (Å²) in [6.07, 6.45) is 6.43. The second-order valence-corrected chi connectivity index (χ2v) is 5.22. The van der Waals surface area contributed by atoms with E-state index in [2.05, 4.69) is 11.9 Å². The van der Waals surface area contributed by atoms with Gasteiger partial charge in [0.25, 0.3) is 0 Å². The molecule has 1 aromatic heterocycles. The van der Waals surface area contributed by atoms with Crippen LogP contribution in [0.4, 0.5) is 0 Å². The number of hydrogen-bond acceptors (Lipinski definition) is 3. The summed E-state index contributed by atoms with van der Waals surface area (Å²) in [5.74, 6) is 1.32. The van der Waals surface area contributed by atoms with Gasteiger partial charge in [0.2, 0.25) is 5.88 Å². The summed E-state index contributed by atoms with van der Waals surface area (Å²) in [5, 5.41) is 9.21. The number of aromatic nitrogens is 1. The molecule has 1 heterocycles. The Morgan fingerprint density at radius 1 is 1.33 bits per heavy atom. The summed E-state index contributed by atoms with van der Waals surface area (Å²) in [6.45, 7) is 4.21. The minimum atomic E-state index is 0.0432. The Hall–Kier alpha value is -1.09. The Bertz CT molecular complexity index is 392. The summed E-state index contributed by atoms with van der Waals surface area (Å²) in [4.78, 5) is 4.41. The van der Waals surface area contributed by atoms with Gasteiger partial charge in [-0.05, 0) is 50.2 Å². The molecule has 100 valence electrons. The first-order valence-electron chi connectivity index (χ1n) is 6.98. The SMILES string of the molecule is CCC1CCCCC1Oc1cc(CO)cc(C)n1. The highest BCUT2D eigenvalue weighted by molar-refractivity contribution is 5.24. The van der Waals surface area contributed by atoms with E-state index in [9.17, 15) is 5.11 Å². The molecule has 3 nitrogen and oxygen atoms in total. The maximum Gasteiger partial charge on any atom is 0.214 e. The zero-order valence-corrected chi connectivity index (χ0v) is 11.4. The number of aryl methyl sites for hydroxylation is 1. The van der Waals surface area contributed by atoms with E-state index in [4.69, 9.17) is 4.74 Å². The van der Waals surface area contributed by atoms with Gasteiger partial charge in [0.15, 0.2) is 0 Å². The minimum Gasteiger partial charge on any atom is -0.474 e. The normalized spacial score (nSPS) is 23.9. The summed E-state index contributed by atoms with van der Waals surface area (Å²) in [7, 11) is 0. The van der Waals surface area contributed by atoms with Crippen LogP contribution in [-0.4, -0.2) is 16.2 Å². The van der Waals surface area contributed by atoms with Gasteiger partial charge in [-0.2, -0.15) is 0 Å². The Morgan fingerprint density at radius 2 is 2.11 bits per heavy atom. The Balaban J connectivity index is 2.09. The molecule has 3 heteroatoms. The maximum atomic E-state index is 9.21. The third-order valence-corrected chi connectivity index (χ3v) is 3.81. The first-order valence-corrected chi connectivity index (χ1v) is 6.98. The molecule has 0 spiro atoms. The first-order chi connectivity index (χ1) is 8.72. The molecule has 1 N–H and O–H groups in total. The molecule has 0 amide bonds. The zero-order chi connectivity index (χ0) is 13.0. The van der Waals surface area contributed by atoms with Crippen LogP contribution in [0, 0.1) is 12.8 Å². The summed E-state index contributed by atoms with van der Waals surface area (Å²) in [5.41, 5.74) is 1.78. The van der Waals surface area contributed by atoms with Gasteiger partial charge in [-0.3, -0.25) is 0 Å². The fraction of sp³-hybridized carbons (Fsp3) is 0.667. The van der Waals surface area contributed by atoms with Gasteiger partial charge in [-0.25, -0.2) is 4.98 Å². The van der Waals surface area contributed by atoms with Crippen molar-refractivity contribution in [3.63, 3.8) is 0 Å². The van der Waals surface area contributed by atoms with E-state index >= 15 is 0 Å². The van der Waals surface area contributed by atoms with Gasteiger partial charge in [0, 0.05) is 11.8 Å². The van der Waals surface area contributed by atoms with E-state index in [-0.39, 0.29) is 6.61 Å². The largest absolute Gasteiger partial charge is 0.474 e. The Labute approximate surface area is 109 Å². The lowest BCUT2D eigenvalue weighted by Gasteiger charge is -2.30. The molecule has 0 radical (unpaired) electrons. The number of aliphatic hydroxyl groups excluding tert-OH is 1. The molecular formula is C15H23NO2. The smallest absolute Gasteiger partial charge is 0.214 e. The number of rotatable bonds is 4. The third kappa shape index (κ3) is 3.22. The topological polar surface area (TPSA) is 42.4 Å². The van der Waals surface area contributed by atoms with Crippen molar-refractivity contribution in [2.75, 3.05) is 0 Å². The van der Waals surface area contributed by atoms with Crippen LogP contribution in [0.1, 0.15) is 50.3 Å². The van der Waals surface area contributed by atoms with E-state index in [0.29, 0.717) is 17.9 Å². The average Bonchev–Trinajstić information content (AvgIpc) is 2.38. The minimum absolute atomic E-state index is 0.0432. The van der Waals surface area contributed by atoms with Crippen LogP contribution >= 0.6 is 0 Å². The molecular weight excluding hydrogens is 226 g/mol. The molecule has 0 saturated heterocycles. The van der Waals surface area contributed by atoms with Crippen molar-refractivity contribution in [3.05, 3.63) is 23.4 Å². The Morgan fingerprint density at radius 3 is 2.83 bits per heavy atom. The molecule has 1 aliphatic rings. The standard InChI is InChI=1S/C15H23NO2/c1-3-13-6-4-5-7-14(13)18-15-9-12(10-17)8-11(2)16-15/h8-9,13-14,17H,3-7,10H2,1-2H3. The molecule has 2 rings (SSSR count). The summed E-state index contributed by atoms with van der Waals surface area (Å²) < 4.78 is 6.06. The molecule has 0 aromatic carbocycles. The molecule has 1 aliphatic carbocycles. The van der Waals surface area contributed by atoms with Gasteiger partial charge in [-0.15, -0.1) is 0 Å². The van der Waals surface area contributed by atoms with Crippen LogP contribution in [0.2, 0.25) is 0 Å². The molecule has 1 fully saturated rings. The molecule has 2 atom stereocenters. The van der Waals surface area contributed by atoms with Gasteiger partial charge in [-0.1, -0.05) is 13.3 Å². The van der Waals surface area contributed by atoms with Crippen molar-refractivity contribution in [3.8, 4) is 5.88 Å². The summed E-state index contributed by atoms with van der Waals surface area (Å²) >= 11 is 0. The lowest BCUT2D eigenvalue weighted by molar-refractivity contribution is 0.0854. The second-order valence-electron chi connectivity index (χ2n) is 5.22. The first kappa shape index (κ1) is 13.3. The summed E-state index contributed by atoms with van der Waals surface area (Å²) in [6, 6.07) is 3.75. The number of ether oxygens (including phenoxy) is 1. The third-order valence-electron chi connectivity index (χ3n) is 3.81. The number of aliphatic hydroxyl groups is 1. The average molecular weight is 249 g/mol. The highest BCUT2D eigenvalue weighted by atomic mass is 16.5. The molecule has 2 unspecified atom stereocenters. The fourth-order valence-electron chi connectivity index (χ4n) is 2.81. The van der Waals surface area contributed by atoms with Gasteiger partial charge in [0.1, 0.15) is 6.10 Å². The van der Waals surface area contributed by atoms with Crippen LogP contribution < -0.4 is 4.74 Å². The molecule has 0 bridgehead atoms. The quantitative estimate of drug-likeness (QED) is 0.890. The van der Waals surface area contributed by atoms with Crippen LogP contribution in [0.25, 0.3) is 0 Å². The van der Waals surface area contributed by atoms with Crippen molar-refractivity contribution < 1.29 is 9.84 Å².